The number of carbonyl (C=O) groups excluding carboxylic acids is 1. The van der Waals surface area contributed by atoms with Crippen LogP contribution in [0.15, 0.2) is 30.6 Å². The molecule has 2 atom stereocenters. The van der Waals surface area contributed by atoms with Gasteiger partial charge >= 0.3 is 6.09 Å². The third-order valence-corrected chi connectivity index (χ3v) is 6.94. The SMILES string of the molecule is Cc1c(-c2cc3cc(NC(=O)OC[C@@]45CC4CCN5)ncc3cc2F)cnc2c1NCCO2. The van der Waals surface area contributed by atoms with Crippen molar-refractivity contribution in [2.24, 2.45) is 5.92 Å². The molecular weight excluding hydrogens is 425 g/mol. The number of nitrogens with one attached hydrogen (secondary N) is 3. The molecular formula is C24H24FN5O3. The molecule has 0 spiro atoms. The molecule has 0 bridgehead atoms. The Kier molecular flexibility index (Phi) is 4.62. The molecule has 1 aromatic carbocycles. The molecule has 6 rings (SSSR count). The number of nitrogens with zero attached hydrogens (tertiary/aromatic N) is 2. The third kappa shape index (κ3) is 3.52. The first-order chi connectivity index (χ1) is 16.0. The summed E-state index contributed by atoms with van der Waals surface area (Å²) in [4.78, 5) is 20.9. The van der Waals surface area contributed by atoms with Gasteiger partial charge in [-0.2, -0.15) is 0 Å². The fourth-order valence-corrected chi connectivity index (χ4v) is 4.97. The Hall–Kier alpha value is -3.46. The van der Waals surface area contributed by atoms with E-state index in [0.29, 0.717) is 53.9 Å². The van der Waals surface area contributed by atoms with Crippen molar-refractivity contribution in [3.63, 3.8) is 0 Å². The number of anilines is 2. The number of hydrogen-bond donors (Lipinski definition) is 3. The molecule has 2 fully saturated rings. The van der Waals surface area contributed by atoms with Crippen LogP contribution in [0.2, 0.25) is 0 Å². The minimum absolute atomic E-state index is 0.0265. The molecule has 2 aromatic heterocycles. The van der Waals surface area contributed by atoms with Crippen LogP contribution in [-0.4, -0.2) is 47.9 Å². The Morgan fingerprint density at radius 1 is 1.24 bits per heavy atom. The summed E-state index contributed by atoms with van der Waals surface area (Å²) >= 11 is 0. The number of piperidine rings is 1. The van der Waals surface area contributed by atoms with Gasteiger partial charge in [0.25, 0.3) is 0 Å². The van der Waals surface area contributed by atoms with Crippen molar-refractivity contribution >= 4 is 28.4 Å². The summed E-state index contributed by atoms with van der Waals surface area (Å²) in [5, 5.41) is 10.8. The van der Waals surface area contributed by atoms with Gasteiger partial charge in [0.05, 0.1) is 5.54 Å². The zero-order valence-corrected chi connectivity index (χ0v) is 18.2. The standard InChI is InChI=1S/C24H24FN5O3/c1-13-18(11-28-22-21(13)26-4-5-32-22)17-6-14-8-20(27-10-15(14)7-19(17)25)30-23(31)33-12-24-9-16(24)2-3-29-24/h6-8,10-11,16,26,29H,2-5,9,12H2,1H3,(H,27,30,31)/t16?,24-/m0/s1. The van der Waals surface area contributed by atoms with Gasteiger partial charge in [-0.3, -0.25) is 5.32 Å². The number of aromatic nitrogens is 2. The average molecular weight is 449 g/mol. The monoisotopic (exact) mass is 449 g/mol. The number of benzene rings is 1. The Morgan fingerprint density at radius 2 is 2.15 bits per heavy atom. The molecule has 9 heteroatoms. The molecule has 3 aromatic rings. The molecule has 3 N–H and O–H groups in total. The lowest BCUT2D eigenvalue weighted by molar-refractivity contribution is 0.144. The molecule has 1 aliphatic carbocycles. The molecule has 0 radical (unpaired) electrons. The summed E-state index contributed by atoms with van der Waals surface area (Å²) in [7, 11) is 0. The van der Waals surface area contributed by atoms with Crippen LogP contribution < -0.4 is 20.7 Å². The van der Waals surface area contributed by atoms with Crippen molar-refractivity contribution in [1.82, 2.24) is 15.3 Å². The molecule has 33 heavy (non-hydrogen) atoms. The van der Waals surface area contributed by atoms with Gasteiger partial charge in [-0.15, -0.1) is 0 Å². The number of pyridine rings is 2. The van der Waals surface area contributed by atoms with Gasteiger partial charge in [-0.05, 0) is 61.4 Å². The van der Waals surface area contributed by atoms with Gasteiger partial charge in [0, 0.05) is 35.5 Å². The highest BCUT2D eigenvalue weighted by molar-refractivity contribution is 5.92. The molecule has 1 saturated heterocycles. The summed E-state index contributed by atoms with van der Waals surface area (Å²) in [5.41, 5.74) is 2.73. The fraction of sp³-hybridized carbons (Fsp3) is 0.375. The summed E-state index contributed by atoms with van der Waals surface area (Å²) in [6, 6.07) is 4.91. The topological polar surface area (TPSA) is 97.4 Å². The first-order valence-electron chi connectivity index (χ1n) is 11.2. The maximum absolute atomic E-state index is 15.0. The number of carbonyl (C=O) groups is 1. The smallest absolute Gasteiger partial charge is 0.412 e. The van der Waals surface area contributed by atoms with E-state index in [2.05, 4.69) is 25.9 Å². The lowest BCUT2D eigenvalue weighted by Crippen LogP contribution is -2.35. The van der Waals surface area contributed by atoms with E-state index in [9.17, 15) is 4.79 Å². The Morgan fingerprint density at radius 3 is 2.97 bits per heavy atom. The summed E-state index contributed by atoms with van der Waals surface area (Å²) in [6.07, 6.45) is 4.82. The van der Waals surface area contributed by atoms with Crippen molar-refractivity contribution in [2.75, 3.05) is 36.9 Å². The van der Waals surface area contributed by atoms with Crippen molar-refractivity contribution in [3.05, 3.63) is 42.0 Å². The summed E-state index contributed by atoms with van der Waals surface area (Å²) in [6.45, 7) is 4.47. The van der Waals surface area contributed by atoms with Crippen LogP contribution in [0.5, 0.6) is 5.88 Å². The fourth-order valence-electron chi connectivity index (χ4n) is 4.97. The van der Waals surface area contributed by atoms with Gasteiger partial charge < -0.3 is 20.1 Å². The van der Waals surface area contributed by atoms with Crippen molar-refractivity contribution < 1.29 is 18.7 Å². The van der Waals surface area contributed by atoms with Crippen LogP contribution in [0.4, 0.5) is 20.7 Å². The van der Waals surface area contributed by atoms with E-state index in [4.69, 9.17) is 9.47 Å². The lowest BCUT2D eigenvalue weighted by Gasteiger charge is -2.21. The Bertz CT molecular complexity index is 1280. The number of hydrogen-bond acceptors (Lipinski definition) is 7. The molecule has 2 aliphatic heterocycles. The first kappa shape index (κ1) is 20.2. The van der Waals surface area contributed by atoms with Gasteiger partial charge in [-0.1, -0.05) is 0 Å². The van der Waals surface area contributed by atoms with Crippen molar-refractivity contribution in [1.29, 1.82) is 0 Å². The van der Waals surface area contributed by atoms with Crippen LogP contribution in [0.3, 0.4) is 0 Å². The highest BCUT2D eigenvalue weighted by Crippen LogP contribution is 2.49. The quantitative estimate of drug-likeness (QED) is 0.557. The molecule has 170 valence electrons. The van der Waals surface area contributed by atoms with Gasteiger partial charge in [0.1, 0.15) is 30.5 Å². The maximum atomic E-state index is 15.0. The second kappa shape index (κ2) is 7.55. The summed E-state index contributed by atoms with van der Waals surface area (Å²) < 4.78 is 26.0. The van der Waals surface area contributed by atoms with E-state index < -0.39 is 6.09 Å². The zero-order chi connectivity index (χ0) is 22.6. The van der Waals surface area contributed by atoms with Crippen LogP contribution in [0, 0.1) is 18.7 Å². The number of amides is 1. The van der Waals surface area contributed by atoms with Crippen LogP contribution in [0.1, 0.15) is 18.4 Å². The molecule has 3 aliphatic rings. The predicted molar refractivity (Wildman–Crippen MR) is 122 cm³/mol. The normalized spacial score (nSPS) is 22.7. The van der Waals surface area contributed by atoms with Crippen LogP contribution in [-0.2, 0) is 4.74 Å². The van der Waals surface area contributed by atoms with E-state index >= 15 is 4.39 Å². The number of rotatable bonds is 4. The molecule has 1 amide bonds. The number of fused-ring (bicyclic) bond motifs is 3. The largest absolute Gasteiger partial charge is 0.474 e. The number of halogens is 1. The zero-order valence-electron chi connectivity index (χ0n) is 18.2. The van der Waals surface area contributed by atoms with E-state index in [-0.39, 0.29) is 11.4 Å². The Labute approximate surface area is 189 Å². The van der Waals surface area contributed by atoms with Crippen molar-refractivity contribution in [3.8, 4) is 17.0 Å². The van der Waals surface area contributed by atoms with E-state index in [1.807, 2.05) is 6.92 Å². The third-order valence-electron chi connectivity index (χ3n) is 6.94. The lowest BCUT2D eigenvalue weighted by atomic mass is 9.98. The van der Waals surface area contributed by atoms with Gasteiger partial charge in [0.2, 0.25) is 5.88 Å². The first-order valence-corrected chi connectivity index (χ1v) is 11.2. The van der Waals surface area contributed by atoms with Crippen LogP contribution in [0.25, 0.3) is 21.9 Å². The van der Waals surface area contributed by atoms with E-state index in [1.54, 1.807) is 24.5 Å². The van der Waals surface area contributed by atoms with Gasteiger partial charge in [-0.25, -0.2) is 19.2 Å². The van der Waals surface area contributed by atoms with E-state index in [1.165, 1.54) is 6.07 Å². The maximum Gasteiger partial charge on any atom is 0.412 e. The second-order valence-corrected chi connectivity index (χ2v) is 8.97. The Balaban J connectivity index is 1.25. The highest BCUT2D eigenvalue weighted by Gasteiger charge is 2.57. The minimum atomic E-state index is -0.543. The predicted octanol–water partition coefficient (Wildman–Crippen LogP) is 3.85. The molecule has 4 heterocycles. The minimum Gasteiger partial charge on any atom is -0.474 e. The molecule has 1 saturated carbocycles. The van der Waals surface area contributed by atoms with Gasteiger partial charge in [0.15, 0.2) is 0 Å². The van der Waals surface area contributed by atoms with Crippen molar-refractivity contribution in [2.45, 2.75) is 25.3 Å². The second-order valence-electron chi connectivity index (χ2n) is 8.97. The average Bonchev–Trinajstić information content (AvgIpc) is 3.37. The van der Waals surface area contributed by atoms with E-state index in [0.717, 1.165) is 36.0 Å². The summed E-state index contributed by atoms with van der Waals surface area (Å²) in [5.74, 6) is 1.13. The number of ether oxygens (including phenoxy) is 2. The van der Waals surface area contributed by atoms with Crippen LogP contribution >= 0.6 is 0 Å². The molecule has 8 nitrogen and oxygen atoms in total. The molecule has 1 unspecified atom stereocenters. The highest BCUT2D eigenvalue weighted by atomic mass is 19.1.